The molecule has 1 unspecified atom stereocenters. The van der Waals surface area contributed by atoms with Gasteiger partial charge in [-0.2, -0.15) is 0 Å². The highest BCUT2D eigenvalue weighted by Crippen LogP contribution is 2.25. The Balaban J connectivity index is 1.66. The first-order valence-electron chi connectivity index (χ1n) is 10.6. The van der Waals surface area contributed by atoms with Crippen molar-refractivity contribution in [3.63, 3.8) is 0 Å². The lowest BCUT2D eigenvalue weighted by molar-refractivity contribution is -0.122. The smallest absolute Gasteiger partial charge is 0.243 e. The van der Waals surface area contributed by atoms with Gasteiger partial charge < -0.3 is 14.8 Å². The number of morpholine rings is 1. The Morgan fingerprint density at radius 2 is 1.84 bits per heavy atom. The molecule has 1 amide bonds. The summed E-state index contributed by atoms with van der Waals surface area (Å²) in [7, 11) is -2.18. The molecule has 0 saturated carbocycles. The zero-order valence-electron chi connectivity index (χ0n) is 18.8. The van der Waals surface area contributed by atoms with Crippen LogP contribution in [0.4, 0.5) is 5.69 Å². The minimum absolute atomic E-state index is 0.315. The van der Waals surface area contributed by atoms with E-state index in [4.69, 9.17) is 9.47 Å². The summed E-state index contributed by atoms with van der Waals surface area (Å²) < 4.78 is 36.7. The molecule has 1 aliphatic rings. The molecule has 0 aromatic heterocycles. The van der Waals surface area contributed by atoms with Gasteiger partial charge in [0.15, 0.2) is 0 Å². The Hall–Kier alpha value is -2.62. The van der Waals surface area contributed by atoms with Crippen LogP contribution < -0.4 is 14.4 Å². The highest BCUT2D eigenvalue weighted by atomic mass is 32.2. The third-order valence-electron chi connectivity index (χ3n) is 5.36. The van der Waals surface area contributed by atoms with Crippen molar-refractivity contribution in [2.24, 2.45) is 0 Å². The summed E-state index contributed by atoms with van der Waals surface area (Å²) in [6.07, 6.45) is 1.09. The van der Waals surface area contributed by atoms with E-state index >= 15 is 0 Å². The van der Waals surface area contributed by atoms with Crippen LogP contribution in [0.25, 0.3) is 0 Å². The molecule has 0 radical (unpaired) electrons. The summed E-state index contributed by atoms with van der Waals surface area (Å²) in [4.78, 5) is 15.2. The highest BCUT2D eigenvalue weighted by Gasteiger charge is 2.29. The van der Waals surface area contributed by atoms with E-state index in [9.17, 15) is 13.2 Å². The van der Waals surface area contributed by atoms with Crippen LogP contribution in [0.5, 0.6) is 5.75 Å². The number of methoxy groups -OCH3 is 1. The molecule has 1 heterocycles. The van der Waals surface area contributed by atoms with Crippen molar-refractivity contribution in [2.75, 3.05) is 44.0 Å². The molecule has 32 heavy (non-hydrogen) atoms. The van der Waals surface area contributed by atoms with Crippen LogP contribution in [0.2, 0.25) is 0 Å². The van der Waals surface area contributed by atoms with Crippen LogP contribution in [-0.2, 0) is 32.6 Å². The molecule has 1 fully saturated rings. The second-order valence-electron chi connectivity index (χ2n) is 7.86. The number of hydrogen-bond donors (Lipinski definition) is 1. The minimum atomic E-state index is -3.69. The number of nitrogens with zero attached hydrogens (tertiary/aromatic N) is 2. The van der Waals surface area contributed by atoms with Crippen molar-refractivity contribution in [3.8, 4) is 5.75 Å². The van der Waals surface area contributed by atoms with Crippen LogP contribution in [0, 0.1) is 0 Å². The van der Waals surface area contributed by atoms with Gasteiger partial charge in [-0.25, -0.2) is 8.42 Å². The molecule has 0 bridgehead atoms. The fourth-order valence-corrected chi connectivity index (χ4v) is 4.92. The number of sulfonamides is 1. The molecular formula is C23H31N3O5S. The molecule has 1 saturated heterocycles. The van der Waals surface area contributed by atoms with Gasteiger partial charge in [0.1, 0.15) is 11.8 Å². The average molecular weight is 462 g/mol. The molecule has 3 rings (SSSR count). The van der Waals surface area contributed by atoms with Crippen molar-refractivity contribution >= 4 is 21.6 Å². The van der Waals surface area contributed by atoms with Gasteiger partial charge in [0.25, 0.3) is 0 Å². The molecular weight excluding hydrogens is 430 g/mol. The maximum atomic E-state index is 12.9. The molecule has 8 nitrogen and oxygen atoms in total. The van der Waals surface area contributed by atoms with E-state index in [1.165, 1.54) is 12.7 Å². The highest BCUT2D eigenvalue weighted by molar-refractivity contribution is 7.92. The lowest BCUT2D eigenvalue weighted by Crippen LogP contribution is -2.47. The second kappa shape index (κ2) is 10.8. The molecule has 2 aromatic carbocycles. The van der Waals surface area contributed by atoms with Gasteiger partial charge in [-0.05, 0) is 30.2 Å². The van der Waals surface area contributed by atoms with Crippen LogP contribution >= 0.6 is 0 Å². The largest absolute Gasteiger partial charge is 0.497 e. The van der Waals surface area contributed by atoms with E-state index < -0.39 is 16.1 Å². The van der Waals surface area contributed by atoms with Gasteiger partial charge in [0.2, 0.25) is 15.9 Å². The zero-order valence-corrected chi connectivity index (χ0v) is 19.6. The SMILES string of the molecule is COc1cccc(N(C(C)C(=O)NCc2cccc(CN3CCOCC3)c2)S(C)(=O)=O)c1. The summed E-state index contributed by atoms with van der Waals surface area (Å²) in [6, 6.07) is 13.8. The number of rotatable bonds is 9. The number of carbonyl (C=O) groups is 1. The van der Waals surface area contributed by atoms with E-state index in [2.05, 4.69) is 22.3 Å². The first kappa shape index (κ1) is 24.0. The lowest BCUT2D eigenvalue weighted by atomic mass is 10.1. The molecule has 174 valence electrons. The lowest BCUT2D eigenvalue weighted by Gasteiger charge is -2.28. The molecule has 2 aromatic rings. The number of amides is 1. The fraction of sp³-hybridized carbons (Fsp3) is 0.435. The quantitative estimate of drug-likeness (QED) is 0.615. The standard InChI is InChI=1S/C23H31N3O5S/c1-18(26(32(3,28)29)21-8-5-9-22(15-21)30-2)23(27)24-16-19-6-4-7-20(14-19)17-25-10-12-31-13-11-25/h4-9,14-15,18H,10-13,16-17H2,1-3H3,(H,24,27). The summed E-state index contributed by atoms with van der Waals surface area (Å²) >= 11 is 0. The van der Waals surface area contributed by atoms with Crippen molar-refractivity contribution in [1.82, 2.24) is 10.2 Å². The van der Waals surface area contributed by atoms with Gasteiger partial charge in [-0.15, -0.1) is 0 Å². The monoisotopic (exact) mass is 461 g/mol. The van der Waals surface area contributed by atoms with Crippen LogP contribution in [-0.4, -0.2) is 64.9 Å². The van der Waals surface area contributed by atoms with Crippen LogP contribution in [0.15, 0.2) is 48.5 Å². The van der Waals surface area contributed by atoms with Crippen molar-refractivity contribution in [3.05, 3.63) is 59.7 Å². The molecule has 1 atom stereocenters. The van der Waals surface area contributed by atoms with Gasteiger partial charge in [0, 0.05) is 32.2 Å². The van der Waals surface area contributed by atoms with Crippen molar-refractivity contribution in [1.29, 1.82) is 0 Å². The van der Waals surface area contributed by atoms with Crippen LogP contribution in [0.1, 0.15) is 18.1 Å². The van der Waals surface area contributed by atoms with E-state index in [0.29, 0.717) is 18.0 Å². The van der Waals surface area contributed by atoms with Crippen LogP contribution in [0.3, 0.4) is 0 Å². The number of ether oxygens (including phenoxy) is 2. The summed E-state index contributed by atoms with van der Waals surface area (Å²) in [5.41, 5.74) is 2.51. The van der Waals surface area contributed by atoms with Crippen molar-refractivity contribution in [2.45, 2.75) is 26.1 Å². The summed E-state index contributed by atoms with van der Waals surface area (Å²) in [5, 5.41) is 2.87. The van der Waals surface area contributed by atoms with Gasteiger partial charge in [-0.1, -0.05) is 30.3 Å². The Morgan fingerprint density at radius 3 is 2.53 bits per heavy atom. The molecule has 0 aliphatic carbocycles. The summed E-state index contributed by atoms with van der Waals surface area (Å²) in [6.45, 7) is 6.03. The zero-order chi connectivity index (χ0) is 23.1. The average Bonchev–Trinajstić information content (AvgIpc) is 2.77. The first-order chi connectivity index (χ1) is 15.3. The topological polar surface area (TPSA) is 88.2 Å². The van der Waals surface area contributed by atoms with E-state index in [1.54, 1.807) is 31.2 Å². The number of anilines is 1. The number of hydrogen-bond acceptors (Lipinski definition) is 6. The molecule has 1 aliphatic heterocycles. The predicted octanol–water partition coefficient (Wildman–Crippen LogP) is 2.00. The number of benzene rings is 2. The predicted molar refractivity (Wildman–Crippen MR) is 124 cm³/mol. The van der Waals surface area contributed by atoms with Gasteiger partial charge in [0.05, 0.1) is 32.3 Å². The Bertz CT molecular complexity index is 1020. The third kappa shape index (κ3) is 6.44. The maximum Gasteiger partial charge on any atom is 0.243 e. The number of nitrogens with one attached hydrogen (secondary N) is 1. The van der Waals surface area contributed by atoms with E-state index in [0.717, 1.165) is 49.0 Å². The van der Waals surface area contributed by atoms with E-state index in [-0.39, 0.29) is 5.91 Å². The van der Waals surface area contributed by atoms with Crippen molar-refractivity contribution < 1.29 is 22.7 Å². The Morgan fingerprint density at radius 1 is 1.16 bits per heavy atom. The molecule has 0 spiro atoms. The first-order valence-corrected chi connectivity index (χ1v) is 12.4. The maximum absolute atomic E-state index is 12.9. The van der Waals surface area contributed by atoms with Gasteiger partial charge >= 0.3 is 0 Å². The normalized spacial score (nSPS) is 15.7. The molecule has 9 heteroatoms. The second-order valence-corrected chi connectivity index (χ2v) is 9.72. The molecule has 1 N–H and O–H groups in total. The minimum Gasteiger partial charge on any atom is -0.497 e. The van der Waals surface area contributed by atoms with Gasteiger partial charge in [-0.3, -0.25) is 14.0 Å². The Labute approximate surface area is 190 Å². The number of carbonyl (C=O) groups excluding carboxylic acids is 1. The summed E-state index contributed by atoms with van der Waals surface area (Å²) in [5.74, 6) is 0.137. The third-order valence-corrected chi connectivity index (χ3v) is 6.61. The fourth-order valence-electron chi connectivity index (χ4n) is 3.75. The Kier molecular flexibility index (Phi) is 8.11. The van der Waals surface area contributed by atoms with E-state index in [1.807, 2.05) is 12.1 Å².